The number of hydrogen-bond acceptors (Lipinski definition) is 4. The van der Waals surface area contributed by atoms with E-state index in [2.05, 4.69) is 11.9 Å². The summed E-state index contributed by atoms with van der Waals surface area (Å²) in [6, 6.07) is 5.49. The number of amides is 2. The molecule has 1 N–H and O–H groups in total. The number of alkyl carbamates (subject to hydrolysis) is 1. The SMILES string of the molecule is [2H][C@@]12OC(=O)NC13c1cccc4c1[C@H](C(=O)N4C)C(C)(C)C2CC(=O)C3(C)C=C. The maximum absolute atomic E-state index is 13.5. The van der Waals surface area contributed by atoms with E-state index < -0.39 is 40.4 Å². The third kappa shape index (κ3) is 1.57. The highest BCUT2D eigenvalue weighted by atomic mass is 16.6. The van der Waals surface area contributed by atoms with E-state index in [0.717, 1.165) is 11.3 Å². The van der Waals surface area contributed by atoms with E-state index >= 15 is 0 Å². The largest absolute Gasteiger partial charge is 0.443 e. The number of nitrogens with one attached hydrogen (secondary N) is 1. The molecule has 1 aromatic carbocycles. The molecule has 146 valence electrons. The molecule has 1 saturated carbocycles. The summed E-state index contributed by atoms with van der Waals surface area (Å²) in [5, 5.41) is 2.88. The summed E-state index contributed by atoms with van der Waals surface area (Å²) in [6.07, 6.45) is -0.927. The minimum Gasteiger partial charge on any atom is -0.443 e. The zero-order valence-electron chi connectivity index (χ0n) is 17.5. The van der Waals surface area contributed by atoms with E-state index in [4.69, 9.17) is 4.74 Å². The van der Waals surface area contributed by atoms with Crippen molar-refractivity contribution < 1.29 is 20.5 Å². The first-order valence-electron chi connectivity index (χ1n) is 10.1. The quantitative estimate of drug-likeness (QED) is 0.759. The number of nitrogens with zero attached hydrogens (tertiary/aromatic N) is 1. The molecule has 1 saturated heterocycles. The van der Waals surface area contributed by atoms with E-state index in [1.165, 1.54) is 6.08 Å². The lowest BCUT2D eigenvalue weighted by Gasteiger charge is -2.53. The van der Waals surface area contributed by atoms with Gasteiger partial charge in [-0.05, 0) is 29.5 Å². The third-order valence-corrected chi connectivity index (χ3v) is 7.69. The van der Waals surface area contributed by atoms with Gasteiger partial charge in [0.1, 0.15) is 17.4 Å². The number of anilines is 1. The van der Waals surface area contributed by atoms with E-state index in [1.54, 1.807) is 24.9 Å². The predicted molar refractivity (Wildman–Crippen MR) is 103 cm³/mol. The molecular weight excluding hydrogens is 356 g/mol. The highest BCUT2D eigenvalue weighted by Crippen LogP contribution is 2.66. The van der Waals surface area contributed by atoms with Gasteiger partial charge in [0.05, 0.1) is 12.7 Å². The molecule has 3 unspecified atom stereocenters. The van der Waals surface area contributed by atoms with Crippen LogP contribution < -0.4 is 10.2 Å². The first-order chi connectivity index (χ1) is 13.5. The van der Waals surface area contributed by atoms with Crippen molar-refractivity contribution in [1.29, 1.82) is 0 Å². The Morgan fingerprint density at radius 3 is 2.71 bits per heavy atom. The van der Waals surface area contributed by atoms with Crippen molar-refractivity contribution >= 4 is 23.5 Å². The molecule has 5 rings (SSSR count). The molecule has 2 aliphatic heterocycles. The van der Waals surface area contributed by atoms with Gasteiger partial charge in [0.15, 0.2) is 0 Å². The number of ether oxygens (including phenoxy) is 1. The fourth-order valence-corrected chi connectivity index (χ4v) is 5.98. The molecule has 6 nitrogen and oxygen atoms in total. The Bertz CT molecular complexity index is 1040. The van der Waals surface area contributed by atoms with Gasteiger partial charge >= 0.3 is 6.09 Å². The Kier molecular flexibility index (Phi) is 2.83. The number of carbonyl (C=O) groups is 3. The van der Waals surface area contributed by atoms with Gasteiger partial charge in [-0.2, -0.15) is 0 Å². The van der Waals surface area contributed by atoms with Gasteiger partial charge in [0.2, 0.25) is 5.91 Å². The van der Waals surface area contributed by atoms with Crippen LogP contribution in [-0.2, 0) is 19.9 Å². The normalized spacial score (nSPS) is 42.8. The van der Waals surface area contributed by atoms with Crippen molar-refractivity contribution in [3.05, 3.63) is 42.0 Å². The minimum absolute atomic E-state index is 0.0343. The van der Waals surface area contributed by atoms with Crippen LogP contribution in [0.3, 0.4) is 0 Å². The topological polar surface area (TPSA) is 75.7 Å². The molecule has 2 heterocycles. The van der Waals surface area contributed by atoms with Crippen LogP contribution in [0.5, 0.6) is 0 Å². The van der Waals surface area contributed by atoms with Crippen LogP contribution in [0.15, 0.2) is 30.9 Å². The van der Waals surface area contributed by atoms with Gasteiger partial charge in [-0.1, -0.05) is 32.1 Å². The summed E-state index contributed by atoms with van der Waals surface area (Å²) in [4.78, 5) is 41.1. The summed E-state index contributed by atoms with van der Waals surface area (Å²) in [7, 11) is 1.74. The fraction of sp³-hybridized carbons (Fsp3) is 0.500. The summed E-state index contributed by atoms with van der Waals surface area (Å²) in [5.74, 6) is -1.39. The number of benzene rings is 1. The summed E-state index contributed by atoms with van der Waals surface area (Å²) >= 11 is 0. The molecule has 2 aliphatic carbocycles. The first-order valence-corrected chi connectivity index (χ1v) is 9.56. The van der Waals surface area contributed by atoms with E-state index in [1.807, 2.05) is 26.0 Å². The second kappa shape index (κ2) is 4.85. The summed E-state index contributed by atoms with van der Waals surface area (Å²) in [6.45, 7) is 9.43. The van der Waals surface area contributed by atoms with Crippen molar-refractivity contribution in [3.63, 3.8) is 0 Å². The van der Waals surface area contributed by atoms with Gasteiger partial charge in [-0.15, -0.1) is 6.58 Å². The van der Waals surface area contributed by atoms with Crippen LogP contribution in [0.25, 0.3) is 0 Å². The maximum Gasteiger partial charge on any atom is 0.408 e. The Morgan fingerprint density at radius 2 is 2.04 bits per heavy atom. The third-order valence-electron chi connectivity index (χ3n) is 7.69. The Balaban J connectivity index is 2.01. The van der Waals surface area contributed by atoms with Crippen molar-refractivity contribution in [2.75, 3.05) is 11.9 Å². The smallest absolute Gasteiger partial charge is 0.408 e. The van der Waals surface area contributed by atoms with E-state index in [9.17, 15) is 15.8 Å². The molecule has 2 bridgehead atoms. The van der Waals surface area contributed by atoms with Crippen LogP contribution >= 0.6 is 0 Å². The van der Waals surface area contributed by atoms with Crippen molar-refractivity contribution in [2.45, 2.75) is 44.7 Å². The Labute approximate surface area is 165 Å². The second-order valence-electron chi connectivity index (χ2n) is 9.11. The molecule has 5 atom stereocenters. The molecule has 0 spiro atoms. The van der Waals surface area contributed by atoms with Gasteiger partial charge in [-0.3, -0.25) is 9.59 Å². The maximum atomic E-state index is 13.5. The zero-order chi connectivity index (χ0) is 21.1. The first kappa shape index (κ1) is 16.3. The average Bonchev–Trinajstić information content (AvgIpc) is 3.08. The molecule has 2 fully saturated rings. The Hall–Kier alpha value is -2.63. The Morgan fingerprint density at radius 1 is 1.32 bits per heavy atom. The standard InChI is InChI=1S/C22H24N2O4/c1-6-21(4)14(25)10-12-17-22(21,23-19(27)28-17)11-8-7-9-13-15(11)16(20(12,2)3)18(26)24(13)5/h6-9,12,16-17H,1,10H2,2-5H3,(H,23,27)/t12?,16-,17+,21?,22?/m1/s1/i17D. The van der Waals surface area contributed by atoms with Crippen LogP contribution in [0, 0.1) is 16.7 Å². The molecule has 4 aliphatic rings. The highest BCUT2D eigenvalue weighted by molar-refractivity contribution is 6.06. The molecular formula is C22H24N2O4. The highest BCUT2D eigenvalue weighted by Gasteiger charge is 2.73. The van der Waals surface area contributed by atoms with Crippen molar-refractivity contribution in [3.8, 4) is 0 Å². The number of hydrogen-bond donors (Lipinski definition) is 1. The van der Waals surface area contributed by atoms with Crippen molar-refractivity contribution in [2.24, 2.45) is 16.7 Å². The average molecular weight is 381 g/mol. The van der Waals surface area contributed by atoms with Crippen molar-refractivity contribution in [1.82, 2.24) is 5.32 Å². The number of rotatable bonds is 1. The molecule has 28 heavy (non-hydrogen) atoms. The van der Waals surface area contributed by atoms with Crippen LogP contribution in [-0.4, -0.2) is 30.9 Å². The summed E-state index contributed by atoms with van der Waals surface area (Å²) in [5.41, 5.74) is -1.40. The lowest BCUT2D eigenvalue weighted by molar-refractivity contribution is -0.147. The van der Waals surface area contributed by atoms with Gasteiger partial charge in [0, 0.05) is 25.1 Å². The van der Waals surface area contributed by atoms with Crippen LogP contribution in [0.4, 0.5) is 10.5 Å². The summed E-state index contributed by atoms with van der Waals surface area (Å²) < 4.78 is 15.2. The van der Waals surface area contributed by atoms with Gasteiger partial charge in [-0.25, -0.2) is 4.79 Å². The van der Waals surface area contributed by atoms with Gasteiger partial charge in [0.25, 0.3) is 0 Å². The monoisotopic (exact) mass is 381 g/mol. The molecule has 2 amide bonds. The van der Waals surface area contributed by atoms with Crippen LogP contribution in [0.2, 0.25) is 0 Å². The van der Waals surface area contributed by atoms with Gasteiger partial charge < -0.3 is 15.0 Å². The molecule has 0 radical (unpaired) electrons. The number of Topliss-reactive ketones (excluding diaryl/α,β-unsaturated/α-hetero) is 1. The fourth-order valence-electron chi connectivity index (χ4n) is 5.98. The predicted octanol–water partition coefficient (Wildman–Crippen LogP) is 2.87. The van der Waals surface area contributed by atoms with Crippen LogP contribution in [0.1, 0.15) is 45.6 Å². The molecule has 6 heteroatoms. The molecule has 1 aromatic rings. The minimum atomic E-state index is -1.76. The number of ketones is 1. The molecule has 0 aromatic heterocycles. The van der Waals surface area contributed by atoms with E-state index in [-0.39, 0.29) is 18.1 Å². The lowest BCUT2D eigenvalue weighted by Crippen LogP contribution is -2.65. The zero-order valence-corrected chi connectivity index (χ0v) is 16.5. The lowest BCUT2D eigenvalue weighted by atomic mass is 9.52. The number of carbonyl (C=O) groups excluding carboxylic acids is 3. The van der Waals surface area contributed by atoms with E-state index in [0.29, 0.717) is 5.56 Å². The number of likely N-dealkylation sites (N-methyl/N-ethyl adjacent to an activating group) is 1. The second-order valence-corrected chi connectivity index (χ2v) is 9.11.